The summed E-state index contributed by atoms with van der Waals surface area (Å²) in [4.78, 5) is 11.3. The summed E-state index contributed by atoms with van der Waals surface area (Å²) in [6.07, 6.45) is 2.84. The van der Waals surface area contributed by atoms with Crippen LogP contribution in [0.4, 0.5) is 0 Å². The highest BCUT2D eigenvalue weighted by Gasteiger charge is 2.18. The average molecular weight is 263 g/mol. The highest BCUT2D eigenvalue weighted by atomic mass is 16.5. The molecule has 0 heterocycles. The summed E-state index contributed by atoms with van der Waals surface area (Å²) >= 11 is 0. The van der Waals surface area contributed by atoms with Gasteiger partial charge in [0.05, 0.1) is 19.1 Å². The normalized spacial score (nSPS) is 17.7. The molecule has 104 valence electrons. The topological polar surface area (TPSA) is 58.6 Å². The van der Waals surface area contributed by atoms with E-state index in [9.17, 15) is 9.90 Å². The molecule has 0 aromatic heterocycles. The minimum absolute atomic E-state index is 0.000458. The van der Waals surface area contributed by atoms with Crippen molar-refractivity contribution in [2.75, 3.05) is 13.2 Å². The molecule has 0 aliphatic heterocycles. The van der Waals surface area contributed by atoms with E-state index in [4.69, 9.17) is 4.74 Å². The first kappa shape index (κ1) is 13.9. The molecule has 0 radical (unpaired) electrons. The lowest BCUT2D eigenvalue weighted by atomic mass is 9.89. The second-order valence-corrected chi connectivity index (χ2v) is 4.82. The molecular weight excluding hydrogens is 242 g/mol. The molecule has 0 fully saturated rings. The molecule has 2 N–H and O–H groups in total. The van der Waals surface area contributed by atoms with Crippen LogP contribution in [0, 0.1) is 0 Å². The molecule has 1 aromatic rings. The Bertz CT molecular complexity index is 445. The number of benzene rings is 1. The van der Waals surface area contributed by atoms with Crippen LogP contribution in [0.15, 0.2) is 18.2 Å². The van der Waals surface area contributed by atoms with Crippen molar-refractivity contribution in [2.24, 2.45) is 0 Å². The third-order valence-electron chi connectivity index (χ3n) is 3.37. The molecule has 0 bridgehead atoms. The lowest BCUT2D eigenvalue weighted by Crippen LogP contribution is -2.24. The molecule has 1 aliphatic carbocycles. The van der Waals surface area contributed by atoms with E-state index < -0.39 is 0 Å². The zero-order valence-electron chi connectivity index (χ0n) is 11.3. The van der Waals surface area contributed by atoms with Crippen molar-refractivity contribution >= 4 is 5.91 Å². The molecule has 1 atom stereocenters. The second-order valence-electron chi connectivity index (χ2n) is 4.82. The smallest absolute Gasteiger partial charge is 0.223 e. The van der Waals surface area contributed by atoms with Gasteiger partial charge in [-0.25, -0.2) is 0 Å². The Morgan fingerprint density at radius 3 is 3.16 bits per heavy atom. The fourth-order valence-corrected chi connectivity index (χ4v) is 2.39. The molecular formula is C15H21NO3. The van der Waals surface area contributed by atoms with Crippen LogP contribution in [-0.4, -0.2) is 24.2 Å². The van der Waals surface area contributed by atoms with Crippen LogP contribution in [0.1, 0.15) is 43.4 Å². The highest BCUT2D eigenvalue weighted by molar-refractivity contribution is 5.75. The van der Waals surface area contributed by atoms with Gasteiger partial charge in [-0.15, -0.1) is 0 Å². The Hall–Kier alpha value is -1.55. The van der Waals surface area contributed by atoms with Gasteiger partial charge in [0, 0.05) is 6.54 Å². The van der Waals surface area contributed by atoms with Crippen LogP contribution in [0.3, 0.4) is 0 Å². The van der Waals surface area contributed by atoms with Crippen LogP contribution < -0.4 is 10.1 Å². The maximum absolute atomic E-state index is 11.3. The Kier molecular flexibility index (Phi) is 4.80. The highest BCUT2D eigenvalue weighted by Crippen LogP contribution is 2.32. The predicted molar refractivity (Wildman–Crippen MR) is 73.1 cm³/mol. The monoisotopic (exact) mass is 263 g/mol. The number of nitrogens with one attached hydrogen (secondary N) is 1. The third kappa shape index (κ3) is 3.70. The molecule has 1 amide bonds. The van der Waals surface area contributed by atoms with Gasteiger partial charge >= 0.3 is 0 Å². The minimum atomic E-state index is -0.379. The van der Waals surface area contributed by atoms with Gasteiger partial charge < -0.3 is 15.2 Å². The second kappa shape index (κ2) is 6.57. The van der Waals surface area contributed by atoms with Gasteiger partial charge in [-0.05, 0) is 49.4 Å². The molecule has 19 heavy (non-hydrogen) atoms. The number of carbonyl (C=O) groups excluding carboxylic acids is 1. The molecule has 1 aliphatic rings. The Labute approximate surface area is 113 Å². The van der Waals surface area contributed by atoms with E-state index in [0.717, 1.165) is 30.6 Å². The summed E-state index contributed by atoms with van der Waals surface area (Å²) in [7, 11) is 0. The van der Waals surface area contributed by atoms with E-state index in [0.29, 0.717) is 19.6 Å². The summed E-state index contributed by atoms with van der Waals surface area (Å²) in [6.45, 7) is 2.90. The number of fused-ring (bicyclic) bond motifs is 1. The van der Waals surface area contributed by atoms with Crippen LogP contribution in [0.2, 0.25) is 0 Å². The number of amides is 1. The van der Waals surface area contributed by atoms with Crippen LogP contribution in [-0.2, 0) is 11.2 Å². The first-order chi connectivity index (χ1) is 9.20. The number of aliphatic hydroxyl groups excluding tert-OH is 1. The zero-order chi connectivity index (χ0) is 13.7. The standard InChI is InChI=1S/C15H21NO3/c1-2-16-15(18)8-9-19-12-7-6-11-4-3-5-14(17)13(11)10-12/h6-7,10,14,17H,2-5,8-9H2,1H3,(H,16,18)/t14-/m0/s1. The summed E-state index contributed by atoms with van der Waals surface area (Å²) in [5, 5.41) is 12.7. The zero-order valence-corrected chi connectivity index (χ0v) is 11.3. The summed E-state index contributed by atoms with van der Waals surface area (Å²) in [5.74, 6) is 0.726. The lowest BCUT2D eigenvalue weighted by molar-refractivity contribution is -0.121. The molecule has 1 aromatic carbocycles. The van der Waals surface area contributed by atoms with Gasteiger partial charge in [0.2, 0.25) is 5.91 Å². The Balaban J connectivity index is 1.91. The van der Waals surface area contributed by atoms with Crippen molar-refractivity contribution in [3.05, 3.63) is 29.3 Å². The maximum Gasteiger partial charge on any atom is 0.223 e. The van der Waals surface area contributed by atoms with E-state index in [1.807, 2.05) is 25.1 Å². The van der Waals surface area contributed by atoms with Crippen molar-refractivity contribution in [1.82, 2.24) is 5.32 Å². The van der Waals surface area contributed by atoms with Gasteiger partial charge in [-0.3, -0.25) is 4.79 Å². The average Bonchev–Trinajstić information content (AvgIpc) is 2.40. The van der Waals surface area contributed by atoms with E-state index in [-0.39, 0.29) is 12.0 Å². The van der Waals surface area contributed by atoms with Crippen LogP contribution >= 0.6 is 0 Å². The van der Waals surface area contributed by atoms with E-state index >= 15 is 0 Å². The number of hydrogen-bond acceptors (Lipinski definition) is 3. The quantitative estimate of drug-likeness (QED) is 0.853. The number of aliphatic hydroxyl groups is 1. The van der Waals surface area contributed by atoms with Gasteiger partial charge in [0.1, 0.15) is 5.75 Å². The van der Waals surface area contributed by atoms with Crippen molar-refractivity contribution in [2.45, 2.75) is 38.7 Å². The van der Waals surface area contributed by atoms with E-state index in [2.05, 4.69) is 5.32 Å². The molecule has 0 spiro atoms. The van der Waals surface area contributed by atoms with Crippen molar-refractivity contribution in [1.29, 1.82) is 0 Å². The number of aryl methyl sites for hydroxylation is 1. The van der Waals surface area contributed by atoms with Crippen molar-refractivity contribution in [3.8, 4) is 5.75 Å². The SMILES string of the molecule is CCNC(=O)CCOc1ccc2c(c1)[C@@H](O)CCC2. The molecule has 0 unspecified atom stereocenters. The van der Waals surface area contributed by atoms with Crippen molar-refractivity contribution < 1.29 is 14.6 Å². The summed E-state index contributed by atoms with van der Waals surface area (Å²) in [5.41, 5.74) is 2.18. The van der Waals surface area contributed by atoms with Crippen LogP contribution in [0.5, 0.6) is 5.75 Å². The fraction of sp³-hybridized carbons (Fsp3) is 0.533. The van der Waals surface area contributed by atoms with Gasteiger partial charge in [-0.2, -0.15) is 0 Å². The van der Waals surface area contributed by atoms with Gasteiger partial charge in [-0.1, -0.05) is 6.07 Å². The van der Waals surface area contributed by atoms with Gasteiger partial charge in [0.15, 0.2) is 0 Å². The molecule has 0 saturated carbocycles. The fourth-order valence-electron chi connectivity index (χ4n) is 2.39. The number of hydrogen-bond donors (Lipinski definition) is 2. The predicted octanol–water partition coefficient (Wildman–Crippen LogP) is 1.96. The van der Waals surface area contributed by atoms with Crippen molar-refractivity contribution in [3.63, 3.8) is 0 Å². The minimum Gasteiger partial charge on any atom is -0.493 e. The molecule has 4 nitrogen and oxygen atoms in total. The van der Waals surface area contributed by atoms with E-state index in [1.54, 1.807) is 0 Å². The number of rotatable bonds is 5. The summed E-state index contributed by atoms with van der Waals surface area (Å²) < 4.78 is 5.57. The van der Waals surface area contributed by atoms with Gasteiger partial charge in [0.25, 0.3) is 0 Å². The van der Waals surface area contributed by atoms with E-state index in [1.165, 1.54) is 5.56 Å². The number of ether oxygens (including phenoxy) is 1. The van der Waals surface area contributed by atoms with Crippen LogP contribution in [0.25, 0.3) is 0 Å². The largest absolute Gasteiger partial charge is 0.493 e. The maximum atomic E-state index is 11.3. The number of carbonyl (C=O) groups is 1. The molecule has 2 rings (SSSR count). The lowest BCUT2D eigenvalue weighted by Gasteiger charge is -2.21. The summed E-state index contributed by atoms with van der Waals surface area (Å²) in [6, 6.07) is 5.82. The molecule has 4 heteroatoms. The third-order valence-corrected chi connectivity index (χ3v) is 3.37. The Morgan fingerprint density at radius 2 is 2.37 bits per heavy atom. The molecule has 0 saturated heterocycles. The Morgan fingerprint density at radius 1 is 1.53 bits per heavy atom. The first-order valence-corrected chi connectivity index (χ1v) is 6.91. The first-order valence-electron chi connectivity index (χ1n) is 6.91.